The summed E-state index contributed by atoms with van der Waals surface area (Å²) in [6.45, 7) is 10.2. The molecule has 1 spiro atoms. The van der Waals surface area contributed by atoms with Crippen LogP contribution in [-0.4, -0.2) is 97.7 Å². The van der Waals surface area contributed by atoms with Crippen molar-refractivity contribution < 1.29 is 29.0 Å². The highest BCUT2D eigenvalue weighted by molar-refractivity contribution is 6.03. The summed E-state index contributed by atoms with van der Waals surface area (Å²) >= 11 is 0. The maximum Gasteiger partial charge on any atom is 0.250 e. The molecular weight excluding hydrogens is 660 g/mol. The van der Waals surface area contributed by atoms with E-state index in [4.69, 9.17) is 9.47 Å². The number of nitrogens with zero attached hydrogens (tertiary/aromatic N) is 6. The summed E-state index contributed by atoms with van der Waals surface area (Å²) in [5, 5.41) is 19.5. The molecule has 7 rings (SSSR count). The van der Waals surface area contributed by atoms with Crippen LogP contribution in [0.25, 0.3) is 11.0 Å². The molecule has 12 nitrogen and oxygen atoms in total. The summed E-state index contributed by atoms with van der Waals surface area (Å²) in [6, 6.07) is 22.4. The van der Waals surface area contributed by atoms with E-state index in [-0.39, 0.29) is 44.1 Å². The Morgan fingerprint density at radius 1 is 1.04 bits per heavy atom. The third kappa shape index (κ3) is 6.05. The Morgan fingerprint density at radius 3 is 2.48 bits per heavy atom. The van der Waals surface area contributed by atoms with E-state index in [0.717, 1.165) is 11.1 Å². The van der Waals surface area contributed by atoms with Gasteiger partial charge in [-0.1, -0.05) is 59.8 Å². The van der Waals surface area contributed by atoms with Crippen LogP contribution in [0.1, 0.15) is 25.3 Å². The largest absolute Gasteiger partial charge is 0.494 e. The minimum atomic E-state index is -1.29. The lowest BCUT2D eigenvalue weighted by molar-refractivity contribution is -0.152. The van der Waals surface area contributed by atoms with Crippen LogP contribution >= 0.6 is 0 Å². The van der Waals surface area contributed by atoms with Crippen LogP contribution in [0, 0.1) is 11.8 Å². The number of aliphatic hydroxyl groups is 1. The second-order valence-corrected chi connectivity index (χ2v) is 13.6. The highest BCUT2D eigenvalue weighted by Crippen LogP contribution is 2.59. The number of anilines is 1. The van der Waals surface area contributed by atoms with Crippen molar-refractivity contribution in [1.82, 2.24) is 24.8 Å². The number of hydrogen-bond donors (Lipinski definition) is 1. The van der Waals surface area contributed by atoms with Gasteiger partial charge >= 0.3 is 0 Å². The summed E-state index contributed by atoms with van der Waals surface area (Å²) in [5.41, 5.74) is 1.68. The molecule has 3 amide bonds. The number of fused-ring (bicyclic) bond motifs is 2. The first-order valence-electron chi connectivity index (χ1n) is 17.8. The third-order valence-electron chi connectivity index (χ3n) is 10.6. The summed E-state index contributed by atoms with van der Waals surface area (Å²) in [7, 11) is 0. The molecule has 1 aromatic heterocycles. The van der Waals surface area contributed by atoms with Crippen molar-refractivity contribution in [2.75, 3.05) is 31.2 Å². The predicted molar refractivity (Wildman–Crippen MR) is 195 cm³/mol. The SMILES string of the molecule is C=CCN(Cn1nnc2ccccc21)C(=O)C1N([C@@H](CO)Cc2ccccc2)C(=O)[C@@H]2[C@H](C(=O)N(CC=C)c3ccc(OCC)cc3)[C@@H]3CCC12O3. The van der Waals surface area contributed by atoms with E-state index in [1.54, 1.807) is 38.8 Å². The Balaban J connectivity index is 1.28. The van der Waals surface area contributed by atoms with E-state index in [1.807, 2.05) is 73.7 Å². The van der Waals surface area contributed by atoms with E-state index in [9.17, 15) is 9.90 Å². The molecule has 6 atom stereocenters. The van der Waals surface area contributed by atoms with Crippen LogP contribution in [0.15, 0.2) is 104 Å². The van der Waals surface area contributed by atoms with E-state index in [0.29, 0.717) is 42.8 Å². The van der Waals surface area contributed by atoms with Crippen LogP contribution in [0.2, 0.25) is 0 Å². The van der Waals surface area contributed by atoms with E-state index >= 15 is 9.59 Å². The smallest absolute Gasteiger partial charge is 0.250 e. The minimum Gasteiger partial charge on any atom is -0.494 e. The van der Waals surface area contributed by atoms with Gasteiger partial charge in [0.05, 0.1) is 42.7 Å². The number of para-hydroxylation sites is 1. The quantitative estimate of drug-likeness (QED) is 0.184. The Kier molecular flexibility index (Phi) is 9.94. The number of hydrogen-bond acceptors (Lipinski definition) is 8. The monoisotopic (exact) mass is 704 g/mol. The average Bonchev–Trinajstić information content (AvgIpc) is 3.92. The Bertz CT molecular complexity index is 1950. The van der Waals surface area contributed by atoms with Gasteiger partial charge in [-0.05, 0) is 68.1 Å². The van der Waals surface area contributed by atoms with Crippen molar-refractivity contribution in [3.63, 3.8) is 0 Å². The zero-order chi connectivity index (χ0) is 36.4. The first-order valence-corrected chi connectivity index (χ1v) is 17.8. The molecule has 1 N–H and O–H groups in total. The Morgan fingerprint density at radius 2 is 1.77 bits per heavy atom. The standard InChI is InChI=1S/C40H44N6O6/c1-4-22-43(26-45-32-15-11-10-14-31(32)41-42-45)39(50)36-40-21-20-33(52-40)34(37(48)44(23-5-2)28-16-18-30(19-17-28)51-6-3)35(40)38(49)46(36)29(25-47)24-27-12-8-7-9-13-27/h4-5,7-19,29,33-36,47H,1-2,6,20-26H2,3H3/t29-,33+,34-,35+,36?,40?/m1/s1. The molecule has 3 saturated heterocycles. The third-order valence-corrected chi connectivity index (χ3v) is 10.6. The van der Waals surface area contributed by atoms with Crippen molar-refractivity contribution in [2.24, 2.45) is 11.8 Å². The molecule has 4 heterocycles. The lowest BCUT2D eigenvalue weighted by Gasteiger charge is -2.39. The first-order chi connectivity index (χ1) is 25.3. The van der Waals surface area contributed by atoms with Crippen LogP contribution in [-0.2, 0) is 32.2 Å². The molecule has 0 radical (unpaired) electrons. The fraction of sp³-hybridized carbons (Fsp3) is 0.375. The molecule has 0 saturated carbocycles. The number of aliphatic hydroxyl groups excluding tert-OH is 1. The van der Waals surface area contributed by atoms with Crippen LogP contribution < -0.4 is 9.64 Å². The first kappa shape index (κ1) is 35.1. The van der Waals surface area contributed by atoms with Crippen LogP contribution in [0.5, 0.6) is 5.75 Å². The molecule has 3 aliphatic heterocycles. The molecule has 3 fully saturated rings. The molecule has 2 unspecified atom stereocenters. The normalized spacial score (nSPS) is 23.7. The number of carbonyl (C=O) groups excluding carboxylic acids is 3. The predicted octanol–water partition coefficient (Wildman–Crippen LogP) is 4.00. The zero-order valence-electron chi connectivity index (χ0n) is 29.3. The summed E-state index contributed by atoms with van der Waals surface area (Å²) < 4.78 is 14.1. The summed E-state index contributed by atoms with van der Waals surface area (Å²) in [5.74, 6) is -2.13. The lowest BCUT2D eigenvalue weighted by Crippen LogP contribution is -2.59. The molecule has 52 heavy (non-hydrogen) atoms. The maximum atomic E-state index is 15.1. The maximum absolute atomic E-state index is 15.1. The van der Waals surface area contributed by atoms with Crippen molar-refractivity contribution in [2.45, 2.75) is 56.6 Å². The number of aromatic nitrogens is 3. The number of benzene rings is 3. The van der Waals surface area contributed by atoms with Crippen molar-refractivity contribution in [3.8, 4) is 5.75 Å². The number of amides is 3. The van der Waals surface area contributed by atoms with Crippen LogP contribution in [0.4, 0.5) is 5.69 Å². The lowest BCUT2D eigenvalue weighted by atomic mass is 9.70. The average molecular weight is 705 g/mol. The summed E-state index contributed by atoms with van der Waals surface area (Å²) in [4.78, 5) is 49.6. The fourth-order valence-corrected chi connectivity index (χ4v) is 8.43. The van der Waals surface area contributed by atoms with Crippen molar-refractivity contribution in [1.29, 1.82) is 0 Å². The van der Waals surface area contributed by atoms with E-state index in [1.165, 1.54) is 4.90 Å². The van der Waals surface area contributed by atoms with E-state index in [2.05, 4.69) is 23.5 Å². The molecule has 2 bridgehead atoms. The van der Waals surface area contributed by atoms with Crippen molar-refractivity contribution in [3.05, 3.63) is 110 Å². The summed E-state index contributed by atoms with van der Waals surface area (Å²) in [6.07, 6.45) is 3.93. The number of rotatable bonds is 15. The van der Waals surface area contributed by atoms with Gasteiger partial charge in [0.1, 0.15) is 29.6 Å². The molecule has 12 heteroatoms. The highest BCUT2D eigenvalue weighted by atomic mass is 16.5. The van der Waals surface area contributed by atoms with Gasteiger partial charge in [-0.2, -0.15) is 0 Å². The molecular formula is C40H44N6O6. The van der Waals surface area contributed by atoms with Gasteiger partial charge in [0, 0.05) is 18.8 Å². The number of carbonyl (C=O) groups is 3. The fourth-order valence-electron chi connectivity index (χ4n) is 8.43. The van der Waals surface area contributed by atoms with Gasteiger partial charge < -0.3 is 29.3 Å². The van der Waals surface area contributed by atoms with E-state index < -0.39 is 35.6 Å². The second-order valence-electron chi connectivity index (χ2n) is 13.6. The molecule has 3 aromatic carbocycles. The molecule has 270 valence electrons. The number of likely N-dealkylation sites (tertiary alicyclic amines) is 1. The molecule has 4 aromatic rings. The van der Waals surface area contributed by atoms with Gasteiger partial charge in [0.2, 0.25) is 17.7 Å². The number of ether oxygens (including phenoxy) is 2. The Hall–Kier alpha value is -5.33. The molecule has 3 aliphatic rings. The minimum absolute atomic E-state index is 0.0454. The Labute approximate surface area is 302 Å². The van der Waals surface area contributed by atoms with Gasteiger partial charge in [-0.3, -0.25) is 14.4 Å². The van der Waals surface area contributed by atoms with Gasteiger partial charge in [-0.15, -0.1) is 18.3 Å². The van der Waals surface area contributed by atoms with Crippen molar-refractivity contribution >= 4 is 34.4 Å². The van der Waals surface area contributed by atoms with Gasteiger partial charge in [0.15, 0.2) is 0 Å². The topological polar surface area (TPSA) is 130 Å². The highest BCUT2D eigenvalue weighted by Gasteiger charge is 2.75. The van der Waals surface area contributed by atoms with Crippen LogP contribution in [0.3, 0.4) is 0 Å². The van der Waals surface area contributed by atoms with Gasteiger partial charge in [0.25, 0.3) is 0 Å². The van der Waals surface area contributed by atoms with Gasteiger partial charge in [-0.25, -0.2) is 4.68 Å². The second kappa shape index (κ2) is 14.7. The zero-order valence-corrected chi connectivity index (χ0v) is 29.3. The molecule has 0 aliphatic carbocycles.